The number of carbonyl (C=O) groups is 1. The molecule has 126 valence electrons. The number of ether oxygens (including phenoxy) is 1. The highest BCUT2D eigenvalue weighted by atomic mass is 35.5. The van der Waals surface area contributed by atoms with Crippen molar-refractivity contribution >= 4 is 34.2 Å². The van der Waals surface area contributed by atoms with Crippen molar-refractivity contribution < 1.29 is 9.53 Å². The van der Waals surface area contributed by atoms with E-state index in [0.717, 1.165) is 34.5 Å². The fourth-order valence-corrected chi connectivity index (χ4v) is 3.18. The molecule has 1 N–H and O–H groups in total. The van der Waals surface area contributed by atoms with E-state index in [-0.39, 0.29) is 5.91 Å². The molecule has 2 aromatic carbocycles. The average molecular weight is 354 g/mol. The molecular formula is C19H16ClN3O2. The highest BCUT2D eigenvalue weighted by molar-refractivity contribution is 6.30. The molecule has 5 nitrogen and oxygen atoms in total. The second-order valence-corrected chi connectivity index (χ2v) is 6.32. The molecule has 0 fully saturated rings. The Hall–Kier alpha value is -2.79. The Kier molecular flexibility index (Phi) is 3.93. The standard InChI is InChI=1S/C19H16ClN3O2/c1-25-16-6-5-12-9-13-7-8-23(18(13)21-17(12)11-16)22-19(24)14-3-2-4-15(20)10-14/h2-6,9-11H,7-8H2,1H3,(H,22,24). The van der Waals surface area contributed by atoms with Crippen LogP contribution < -0.4 is 15.2 Å². The summed E-state index contributed by atoms with van der Waals surface area (Å²) in [6.45, 7) is 0.683. The number of anilines is 1. The van der Waals surface area contributed by atoms with Gasteiger partial charge in [-0.25, -0.2) is 4.98 Å². The van der Waals surface area contributed by atoms with Gasteiger partial charge in [-0.3, -0.25) is 15.2 Å². The van der Waals surface area contributed by atoms with Gasteiger partial charge in [0.25, 0.3) is 5.91 Å². The van der Waals surface area contributed by atoms with Crippen LogP contribution in [0.15, 0.2) is 48.5 Å². The van der Waals surface area contributed by atoms with E-state index in [1.165, 1.54) is 0 Å². The summed E-state index contributed by atoms with van der Waals surface area (Å²) in [7, 11) is 1.63. The molecule has 0 bridgehead atoms. The van der Waals surface area contributed by atoms with Gasteiger partial charge in [0, 0.05) is 28.6 Å². The third kappa shape index (κ3) is 2.98. The van der Waals surface area contributed by atoms with Crippen LogP contribution in [0.25, 0.3) is 10.9 Å². The topological polar surface area (TPSA) is 54.5 Å². The number of hydrogen-bond donors (Lipinski definition) is 1. The zero-order chi connectivity index (χ0) is 17.4. The minimum atomic E-state index is -0.206. The van der Waals surface area contributed by atoms with Crippen molar-refractivity contribution in [2.24, 2.45) is 0 Å². The Bertz CT molecular complexity index is 974. The number of amides is 1. The maximum Gasteiger partial charge on any atom is 0.269 e. The number of hydrazine groups is 1. The van der Waals surface area contributed by atoms with Gasteiger partial charge in [-0.2, -0.15) is 0 Å². The molecule has 1 aliphatic rings. The van der Waals surface area contributed by atoms with Crippen molar-refractivity contribution in [2.75, 3.05) is 18.7 Å². The lowest BCUT2D eigenvalue weighted by Gasteiger charge is -2.19. The van der Waals surface area contributed by atoms with Crippen molar-refractivity contribution in [3.05, 3.63) is 64.7 Å². The molecular weight excluding hydrogens is 338 g/mol. The van der Waals surface area contributed by atoms with E-state index in [2.05, 4.69) is 11.5 Å². The Morgan fingerprint density at radius 3 is 2.92 bits per heavy atom. The van der Waals surface area contributed by atoms with Crippen LogP contribution in [0.5, 0.6) is 5.75 Å². The Balaban J connectivity index is 1.64. The summed E-state index contributed by atoms with van der Waals surface area (Å²) < 4.78 is 5.27. The molecule has 1 aliphatic heterocycles. The average Bonchev–Trinajstić information content (AvgIpc) is 3.01. The molecule has 4 rings (SSSR count). The van der Waals surface area contributed by atoms with E-state index < -0.39 is 0 Å². The van der Waals surface area contributed by atoms with Crippen LogP contribution in [0.3, 0.4) is 0 Å². The Morgan fingerprint density at radius 2 is 2.12 bits per heavy atom. The summed E-state index contributed by atoms with van der Waals surface area (Å²) in [5.41, 5.74) is 5.38. The number of hydrogen-bond acceptors (Lipinski definition) is 4. The number of nitrogens with zero attached hydrogens (tertiary/aromatic N) is 2. The molecule has 0 radical (unpaired) electrons. The minimum absolute atomic E-state index is 0.206. The first-order chi connectivity index (χ1) is 12.1. The molecule has 1 amide bonds. The van der Waals surface area contributed by atoms with Crippen molar-refractivity contribution in [2.45, 2.75) is 6.42 Å². The second-order valence-electron chi connectivity index (χ2n) is 5.88. The first-order valence-electron chi connectivity index (χ1n) is 7.96. The van der Waals surface area contributed by atoms with Crippen molar-refractivity contribution in [3.63, 3.8) is 0 Å². The monoisotopic (exact) mass is 353 g/mol. The van der Waals surface area contributed by atoms with Crippen LogP contribution in [0, 0.1) is 0 Å². The number of pyridine rings is 1. The van der Waals surface area contributed by atoms with Crippen molar-refractivity contribution in [1.82, 2.24) is 10.4 Å². The van der Waals surface area contributed by atoms with Crippen LogP contribution in [0.1, 0.15) is 15.9 Å². The van der Waals surface area contributed by atoms with Crippen LogP contribution >= 0.6 is 11.6 Å². The number of methoxy groups -OCH3 is 1. The number of halogens is 1. The van der Waals surface area contributed by atoms with Gasteiger partial charge in [0.15, 0.2) is 5.82 Å². The number of nitrogens with one attached hydrogen (secondary N) is 1. The Morgan fingerprint density at radius 1 is 1.24 bits per heavy atom. The molecule has 0 unspecified atom stereocenters. The molecule has 6 heteroatoms. The zero-order valence-corrected chi connectivity index (χ0v) is 14.4. The fraction of sp³-hybridized carbons (Fsp3) is 0.158. The molecule has 0 spiro atoms. The highest BCUT2D eigenvalue weighted by Crippen LogP contribution is 2.30. The number of benzene rings is 2. The molecule has 0 saturated carbocycles. The van der Waals surface area contributed by atoms with Crippen LogP contribution in [-0.2, 0) is 6.42 Å². The lowest BCUT2D eigenvalue weighted by atomic mass is 10.1. The normalized spacial score (nSPS) is 13.0. The van der Waals surface area contributed by atoms with Gasteiger partial charge in [-0.1, -0.05) is 17.7 Å². The van der Waals surface area contributed by atoms with Crippen molar-refractivity contribution in [3.8, 4) is 5.75 Å². The fourth-order valence-electron chi connectivity index (χ4n) is 2.99. The van der Waals surface area contributed by atoms with Gasteiger partial charge in [0.2, 0.25) is 0 Å². The molecule has 3 aromatic rings. The van der Waals surface area contributed by atoms with E-state index >= 15 is 0 Å². The second kappa shape index (κ2) is 6.26. The molecule has 25 heavy (non-hydrogen) atoms. The smallest absolute Gasteiger partial charge is 0.269 e. The number of fused-ring (bicyclic) bond motifs is 2. The quantitative estimate of drug-likeness (QED) is 0.781. The van der Waals surface area contributed by atoms with E-state index in [4.69, 9.17) is 21.3 Å². The lowest BCUT2D eigenvalue weighted by Crippen LogP contribution is -2.41. The third-order valence-electron chi connectivity index (χ3n) is 4.26. The predicted octanol–water partition coefficient (Wildman–Crippen LogP) is 3.60. The Labute approximate surface area is 150 Å². The molecule has 1 aromatic heterocycles. The van der Waals surface area contributed by atoms with Gasteiger partial charge >= 0.3 is 0 Å². The number of carbonyl (C=O) groups excluding carboxylic acids is 1. The summed E-state index contributed by atoms with van der Waals surface area (Å²) in [4.78, 5) is 17.2. The van der Waals surface area contributed by atoms with Crippen LogP contribution in [0.2, 0.25) is 5.02 Å². The largest absolute Gasteiger partial charge is 0.497 e. The van der Waals surface area contributed by atoms with Crippen LogP contribution in [0.4, 0.5) is 5.82 Å². The molecule has 0 atom stereocenters. The zero-order valence-electron chi connectivity index (χ0n) is 13.6. The number of aromatic nitrogens is 1. The van der Waals surface area contributed by atoms with Gasteiger partial charge < -0.3 is 4.74 Å². The van der Waals surface area contributed by atoms with Gasteiger partial charge in [0.05, 0.1) is 12.6 Å². The van der Waals surface area contributed by atoms with E-state index in [0.29, 0.717) is 17.1 Å². The van der Waals surface area contributed by atoms with E-state index in [1.807, 2.05) is 18.2 Å². The van der Waals surface area contributed by atoms with Gasteiger partial charge in [-0.05, 0) is 48.4 Å². The first-order valence-corrected chi connectivity index (χ1v) is 8.33. The summed E-state index contributed by atoms with van der Waals surface area (Å²) in [6.07, 6.45) is 0.833. The summed E-state index contributed by atoms with van der Waals surface area (Å²) in [6, 6.07) is 14.8. The maximum absolute atomic E-state index is 12.5. The molecule has 0 aliphatic carbocycles. The summed E-state index contributed by atoms with van der Waals surface area (Å²) >= 11 is 5.96. The number of rotatable bonds is 3. The van der Waals surface area contributed by atoms with Gasteiger partial charge in [-0.15, -0.1) is 0 Å². The highest BCUT2D eigenvalue weighted by Gasteiger charge is 2.23. The summed E-state index contributed by atoms with van der Waals surface area (Å²) in [5, 5.41) is 3.38. The van der Waals surface area contributed by atoms with E-state index in [9.17, 15) is 4.79 Å². The van der Waals surface area contributed by atoms with Crippen LogP contribution in [-0.4, -0.2) is 24.5 Å². The lowest BCUT2D eigenvalue weighted by molar-refractivity contribution is 0.0949. The minimum Gasteiger partial charge on any atom is -0.497 e. The summed E-state index contributed by atoms with van der Waals surface area (Å²) in [5.74, 6) is 1.33. The van der Waals surface area contributed by atoms with E-state index in [1.54, 1.807) is 36.4 Å². The van der Waals surface area contributed by atoms with Gasteiger partial charge in [0.1, 0.15) is 5.75 Å². The predicted molar refractivity (Wildman–Crippen MR) is 98.3 cm³/mol. The maximum atomic E-state index is 12.5. The SMILES string of the molecule is COc1ccc2cc3c(nc2c1)N(NC(=O)c1cccc(Cl)c1)CC3. The first kappa shape index (κ1) is 15.7. The van der Waals surface area contributed by atoms with Crippen molar-refractivity contribution in [1.29, 1.82) is 0 Å². The molecule has 0 saturated heterocycles. The molecule has 2 heterocycles. The third-order valence-corrected chi connectivity index (χ3v) is 4.50.